The van der Waals surface area contributed by atoms with Crippen molar-refractivity contribution in [3.63, 3.8) is 0 Å². The maximum atomic E-state index is 12.9. The Morgan fingerprint density at radius 2 is 1.58 bits per heavy atom. The van der Waals surface area contributed by atoms with Crippen LogP contribution in [0.15, 0.2) is 53.4 Å². The van der Waals surface area contributed by atoms with Crippen LogP contribution in [0.5, 0.6) is 5.88 Å². The summed E-state index contributed by atoms with van der Waals surface area (Å²) in [5.41, 5.74) is 2.02. The van der Waals surface area contributed by atoms with Gasteiger partial charge in [0, 0.05) is 21.8 Å². The van der Waals surface area contributed by atoms with Gasteiger partial charge in [0.05, 0.1) is 27.4 Å². The number of aromatic nitrogens is 1. The van der Waals surface area contributed by atoms with Gasteiger partial charge in [0.2, 0.25) is 0 Å². The summed E-state index contributed by atoms with van der Waals surface area (Å²) >= 11 is 0. The van der Waals surface area contributed by atoms with E-state index in [1.807, 2.05) is 0 Å². The zero-order valence-electron chi connectivity index (χ0n) is 13.1. The van der Waals surface area contributed by atoms with Crippen molar-refractivity contribution in [1.82, 2.24) is 4.98 Å². The minimum absolute atomic E-state index is 0.0511. The van der Waals surface area contributed by atoms with Gasteiger partial charge in [-0.2, -0.15) is 0 Å². The molecule has 1 aliphatic carbocycles. The Hall–Kier alpha value is -2.90. The fourth-order valence-corrected chi connectivity index (χ4v) is 3.90. The van der Waals surface area contributed by atoms with E-state index in [0.717, 1.165) is 0 Å². The van der Waals surface area contributed by atoms with Crippen LogP contribution in [-0.4, -0.2) is 30.0 Å². The first-order chi connectivity index (χ1) is 12.3. The fourth-order valence-electron chi connectivity index (χ4n) is 3.13. The molecule has 0 amide bonds. The third-order valence-electron chi connectivity index (χ3n) is 4.32. The van der Waals surface area contributed by atoms with E-state index in [2.05, 4.69) is 4.98 Å². The summed E-state index contributed by atoms with van der Waals surface area (Å²) < 4.78 is 22.8. The smallest absolute Gasteiger partial charge is 0.261 e. The third-order valence-corrected chi connectivity index (χ3v) is 5.69. The van der Waals surface area contributed by atoms with Gasteiger partial charge in [0.15, 0.2) is 11.7 Å². The van der Waals surface area contributed by atoms with Gasteiger partial charge < -0.3 is 10.1 Å². The Labute approximate surface area is 153 Å². The Balaban J connectivity index is 1.92. The van der Waals surface area contributed by atoms with Crippen molar-refractivity contribution >= 4 is 31.2 Å². The summed E-state index contributed by atoms with van der Waals surface area (Å²) in [5.74, 6) is -0.593. The molecule has 1 aliphatic rings. The molecule has 2 aromatic carbocycles. The first-order valence-corrected chi connectivity index (χ1v) is 9.83. The molecule has 0 unspecified atom stereocenters. The Morgan fingerprint density at radius 1 is 0.962 bits per heavy atom. The van der Waals surface area contributed by atoms with E-state index < -0.39 is 9.05 Å². The molecular weight excluding hydrogens is 376 g/mol. The summed E-state index contributed by atoms with van der Waals surface area (Å²) in [4.78, 5) is 15.6. The second kappa shape index (κ2) is 5.55. The van der Waals surface area contributed by atoms with Gasteiger partial charge >= 0.3 is 0 Å². The van der Waals surface area contributed by atoms with E-state index in [4.69, 9.17) is 16.1 Å². The molecule has 0 saturated carbocycles. The highest BCUT2D eigenvalue weighted by molar-refractivity contribution is 8.13. The van der Waals surface area contributed by atoms with Gasteiger partial charge in [0.1, 0.15) is 0 Å². The number of H-pyrrole nitrogens is 1. The molecule has 0 bridgehead atoms. The van der Waals surface area contributed by atoms with Gasteiger partial charge in [-0.05, 0) is 17.7 Å². The third kappa shape index (κ3) is 2.36. The molecule has 3 N–H and O–H groups in total. The Morgan fingerprint density at radius 3 is 2.19 bits per heavy atom. The standard InChI is InChI=1S/C18H11ClN2O4S/c19-26(24,25)10-7-5-9(6-8-10)16-14-13(18(23)21-16)15(20)11-3-1-2-4-12(11)17(14)22/h1-8,20-21,23H. The number of ketones is 1. The van der Waals surface area contributed by atoms with Gasteiger partial charge in [-0.25, -0.2) is 8.42 Å². The second-order valence-electron chi connectivity index (χ2n) is 5.81. The number of halogens is 1. The van der Waals surface area contributed by atoms with Crippen molar-refractivity contribution in [2.75, 3.05) is 0 Å². The molecule has 1 aromatic heterocycles. The average molecular weight is 387 g/mol. The van der Waals surface area contributed by atoms with Crippen LogP contribution in [0.25, 0.3) is 11.3 Å². The van der Waals surface area contributed by atoms with E-state index in [1.54, 1.807) is 24.3 Å². The highest BCUT2D eigenvalue weighted by Gasteiger charge is 2.34. The minimum atomic E-state index is -3.86. The normalized spacial score (nSPS) is 13.4. The lowest BCUT2D eigenvalue weighted by molar-refractivity contribution is 0.103. The summed E-state index contributed by atoms with van der Waals surface area (Å²) in [7, 11) is 1.46. The van der Waals surface area contributed by atoms with Crippen LogP contribution in [0.3, 0.4) is 0 Å². The molecule has 130 valence electrons. The van der Waals surface area contributed by atoms with Crippen molar-refractivity contribution in [2.45, 2.75) is 4.90 Å². The molecule has 1 heterocycles. The largest absolute Gasteiger partial charge is 0.494 e. The fraction of sp³-hybridized carbons (Fsp3) is 0. The van der Waals surface area contributed by atoms with Crippen molar-refractivity contribution in [3.8, 4) is 17.1 Å². The van der Waals surface area contributed by atoms with Gasteiger partial charge in [0.25, 0.3) is 9.05 Å². The lowest BCUT2D eigenvalue weighted by Gasteiger charge is -2.17. The van der Waals surface area contributed by atoms with Crippen molar-refractivity contribution < 1.29 is 18.3 Å². The highest BCUT2D eigenvalue weighted by Crippen LogP contribution is 2.39. The van der Waals surface area contributed by atoms with Crippen LogP contribution in [0.4, 0.5) is 0 Å². The number of carbonyl (C=O) groups is 1. The number of aromatic hydroxyl groups is 1. The molecule has 4 rings (SSSR count). The summed E-state index contributed by atoms with van der Waals surface area (Å²) in [6.07, 6.45) is 0. The topological polar surface area (TPSA) is 111 Å². The SMILES string of the molecule is N=C1c2ccccc2C(=O)c2c(-c3ccc(S(=O)(=O)Cl)cc3)[nH]c(O)c21. The summed E-state index contributed by atoms with van der Waals surface area (Å²) in [6, 6.07) is 12.3. The molecule has 0 radical (unpaired) electrons. The number of fused-ring (bicyclic) bond motifs is 2. The predicted molar refractivity (Wildman–Crippen MR) is 96.7 cm³/mol. The Bertz CT molecular complexity index is 1190. The van der Waals surface area contributed by atoms with E-state index in [9.17, 15) is 18.3 Å². The number of carbonyl (C=O) groups excluding carboxylic acids is 1. The van der Waals surface area contributed by atoms with Crippen molar-refractivity contribution in [2.24, 2.45) is 0 Å². The number of hydrogen-bond donors (Lipinski definition) is 3. The molecule has 6 nitrogen and oxygen atoms in total. The number of nitrogens with one attached hydrogen (secondary N) is 2. The van der Waals surface area contributed by atoms with Crippen LogP contribution in [0.1, 0.15) is 27.0 Å². The molecule has 26 heavy (non-hydrogen) atoms. The van der Waals surface area contributed by atoms with Crippen molar-refractivity contribution in [3.05, 3.63) is 70.8 Å². The molecular formula is C18H11ClN2O4S. The highest BCUT2D eigenvalue weighted by atomic mass is 35.7. The van der Waals surface area contributed by atoms with Crippen LogP contribution in [0.2, 0.25) is 0 Å². The molecule has 0 fully saturated rings. The van der Waals surface area contributed by atoms with Crippen molar-refractivity contribution in [1.29, 1.82) is 5.41 Å². The number of hydrogen-bond acceptors (Lipinski definition) is 5. The molecule has 8 heteroatoms. The monoisotopic (exact) mass is 386 g/mol. The maximum absolute atomic E-state index is 12.9. The maximum Gasteiger partial charge on any atom is 0.261 e. The molecule has 3 aromatic rings. The van der Waals surface area contributed by atoms with Crippen LogP contribution in [-0.2, 0) is 9.05 Å². The first kappa shape index (κ1) is 16.6. The zero-order valence-corrected chi connectivity index (χ0v) is 14.6. The van der Waals surface area contributed by atoms with Gasteiger partial charge in [-0.3, -0.25) is 10.2 Å². The van der Waals surface area contributed by atoms with Crippen LogP contribution in [0, 0.1) is 5.41 Å². The number of rotatable bonds is 2. The van der Waals surface area contributed by atoms with Gasteiger partial charge in [-0.1, -0.05) is 36.4 Å². The van der Waals surface area contributed by atoms with E-state index in [0.29, 0.717) is 22.4 Å². The van der Waals surface area contributed by atoms with E-state index in [1.165, 1.54) is 24.3 Å². The predicted octanol–water partition coefficient (Wildman–Crippen LogP) is 3.28. The molecule has 0 saturated heterocycles. The molecule has 0 spiro atoms. The Kier molecular flexibility index (Phi) is 3.54. The van der Waals surface area contributed by atoms with Crippen LogP contribution < -0.4 is 0 Å². The number of aromatic amines is 1. The number of benzene rings is 2. The molecule has 0 aliphatic heterocycles. The average Bonchev–Trinajstić information content (AvgIpc) is 2.97. The van der Waals surface area contributed by atoms with Gasteiger partial charge in [-0.15, -0.1) is 0 Å². The lowest BCUT2D eigenvalue weighted by Crippen LogP contribution is -2.19. The minimum Gasteiger partial charge on any atom is -0.494 e. The van der Waals surface area contributed by atoms with Crippen LogP contribution >= 0.6 is 10.7 Å². The zero-order chi connectivity index (χ0) is 18.6. The first-order valence-electron chi connectivity index (χ1n) is 7.52. The molecule has 0 atom stereocenters. The summed E-state index contributed by atoms with van der Waals surface area (Å²) in [5, 5.41) is 18.6. The quantitative estimate of drug-likeness (QED) is 0.459. The van der Waals surface area contributed by atoms with E-state index >= 15 is 0 Å². The summed E-state index contributed by atoms with van der Waals surface area (Å²) in [6.45, 7) is 0. The second-order valence-corrected chi connectivity index (χ2v) is 8.38. The van der Waals surface area contributed by atoms with E-state index in [-0.39, 0.29) is 33.4 Å². The lowest BCUT2D eigenvalue weighted by atomic mass is 9.84.